The summed E-state index contributed by atoms with van der Waals surface area (Å²) in [4.78, 5) is 24.4. The Kier molecular flexibility index (Phi) is 9.39. The number of amides is 1. The lowest BCUT2D eigenvalue weighted by Crippen LogP contribution is -2.33. The Balaban J connectivity index is 1.89. The molecule has 38 heavy (non-hydrogen) atoms. The third kappa shape index (κ3) is 7.65. The monoisotopic (exact) mass is 595 g/mol. The summed E-state index contributed by atoms with van der Waals surface area (Å²) in [6, 6.07) is 11.5. The van der Waals surface area contributed by atoms with Crippen molar-refractivity contribution in [2.75, 3.05) is 6.54 Å². The third-order valence-electron chi connectivity index (χ3n) is 5.51. The summed E-state index contributed by atoms with van der Waals surface area (Å²) in [7, 11) is 0. The standard InChI is InChI=1S/C26H18Cl3F6NO2/c27-20-11-15(12-21(28)24(20)29)19(26(33,34)35)8-6-14-5-7-18(17-4-2-1-3-16(14)17)22(37)9-10-23(38)36-13-25(30,31)32/h1-8,11-12,19H,9-10,13H2,(H,36,38)/b8-6+. The topological polar surface area (TPSA) is 46.2 Å². The van der Waals surface area contributed by atoms with E-state index in [0.717, 1.165) is 18.2 Å². The third-order valence-corrected chi connectivity index (χ3v) is 6.71. The summed E-state index contributed by atoms with van der Waals surface area (Å²) in [5, 5.41) is 2.25. The van der Waals surface area contributed by atoms with Gasteiger partial charge in [0.1, 0.15) is 6.54 Å². The van der Waals surface area contributed by atoms with Crippen molar-refractivity contribution >= 4 is 63.3 Å². The Morgan fingerprint density at radius 1 is 0.868 bits per heavy atom. The van der Waals surface area contributed by atoms with Crippen molar-refractivity contribution in [2.24, 2.45) is 0 Å². The van der Waals surface area contributed by atoms with Crippen molar-refractivity contribution in [2.45, 2.75) is 31.1 Å². The zero-order chi connectivity index (χ0) is 28.3. The van der Waals surface area contributed by atoms with Crippen molar-refractivity contribution in [3.05, 3.63) is 86.4 Å². The molecule has 0 radical (unpaired) electrons. The molecule has 0 bridgehead atoms. The lowest BCUT2D eigenvalue weighted by atomic mass is 9.93. The van der Waals surface area contributed by atoms with Gasteiger partial charge < -0.3 is 5.32 Å². The first-order valence-corrected chi connectivity index (χ1v) is 12.1. The number of carbonyl (C=O) groups excluding carboxylic acids is 2. The van der Waals surface area contributed by atoms with Crippen LogP contribution in [0.3, 0.4) is 0 Å². The van der Waals surface area contributed by atoms with E-state index < -0.39 is 42.9 Å². The fourth-order valence-electron chi connectivity index (χ4n) is 3.72. The van der Waals surface area contributed by atoms with Gasteiger partial charge in [-0.05, 0) is 34.0 Å². The largest absolute Gasteiger partial charge is 0.405 e. The predicted molar refractivity (Wildman–Crippen MR) is 136 cm³/mol. The second kappa shape index (κ2) is 12.0. The van der Waals surface area contributed by atoms with Crippen LogP contribution >= 0.6 is 34.8 Å². The van der Waals surface area contributed by atoms with Gasteiger partial charge in [-0.25, -0.2) is 0 Å². The number of halogens is 9. The molecule has 12 heteroatoms. The molecular formula is C26H18Cl3F6NO2. The van der Waals surface area contributed by atoms with Crippen molar-refractivity contribution in [1.29, 1.82) is 0 Å². The van der Waals surface area contributed by atoms with Gasteiger partial charge >= 0.3 is 12.4 Å². The zero-order valence-corrected chi connectivity index (χ0v) is 21.5. The van der Waals surface area contributed by atoms with Crippen LogP contribution in [0.25, 0.3) is 16.8 Å². The van der Waals surface area contributed by atoms with Crippen LogP contribution in [0.4, 0.5) is 26.3 Å². The van der Waals surface area contributed by atoms with E-state index in [9.17, 15) is 35.9 Å². The number of rotatable bonds is 8. The number of Topliss-reactive ketones (excluding diaryl/α,β-unsaturated/α-hetero) is 1. The van der Waals surface area contributed by atoms with E-state index in [4.69, 9.17) is 34.8 Å². The van der Waals surface area contributed by atoms with Crippen LogP contribution in [0, 0.1) is 0 Å². The maximum Gasteiger partial charge on any atom is 0.405 e. The minimum Gasteiger partial charge on any atom is -0.347 e. The molecule has 1 unspecified atom stereocenters. The van der Waals surface area contributed by atoms with E-state index in [2.05, 4.69) is 0 Å². The van der Waals surface area contributed by atoms with Gasteiger partial charge in [-0.15, -0.1) is 0 Å². The zero-order valence-electron chi connectivity index (χ0n) is 19.2. The van der Waals surface area contributed by atoms with Crippen molar-refractivity contribution in [3.63, 3.8) is 0 Å². The molecule has 0 aliphatic heterocycles. The summed E-state index contributed by atoms with van der Waals surface area (Å²) in [6.45, 7) is -1.50. The predicted octanol–water partition coefficient (Wildman–Crippen LogP) is 8.80. The molecule has 3 nitrogen and oxygen atoms in total. The van der Waals surface area contributed by atoms with Crippen molar-refractivity contribution in [3.8, 4) is 0 Å². The van der Waals surface area contributed by atoms with Crippen LogP contribution in [0.1, 0.15) is 40.2 Å². The summed E-state index contributed by atoms with van der Waals surface area (Å²) in [5.41, 5.74) is 0.346. The fraction of sp³-hybridized carbons (Fsp3) is 0.231. The molecule has 3 aromatic rings. The lowest BCUT2D eigenvalue weighted by Gasteiger charge is -2.18. The van der Waals surface area contributed by atoms with E-state index >= 15 is 0 Å². The van der Waals surface area contributed by atoms with Crippen LogP contribution in [0.2, 0.25) is 15.1 Å². The van der Waals surface area contributed by atoms with Crippen LogP contribution in [-0.4, -0.2) is 30.6 Å². The number of nitrogens with one attached hydrogen (secondary N) is 1. The maximum atomic E-state index is 13.9. The fourth-order valence-corrected chi connectivity index (χ4v) is 4.34. The van der Waals surface area contributed by atoms with Gasteiger partial charge in [0.05, 0.1) is 21.0 Å². The van der Waals surface area contributed by atoms with E-state index in [-0.39, 0.29) is 32.6 Å². The molecule has 0 aliphatic rings. The van der Waals surface area contributed by atoms with Gasteiger partial charge in [0.15, 0.2) is 5.78 Å². The highest BCUT2D eigenvalue weighted by molar-refractivity contribution is 6.48. The van der Waals surface area contributed by atoms with Gasteiger partial charge in [-0.3, -0.25) is 9.59 Å². The van der Waals surface area contributed by atoms with Gasteiger partial charge in [0.25, 0.3) is 0 Å². The number of ketones is 1. The van der Waals surface area contributed by atoms with E-state index in [1.165, 1.54) is 18.2 Å². The average molecular weight is 597 g/mol. The molecule has 0 aliphatic carbocycles. The van der Waals surface area contributed by atoms with E-state index in [1.54, 1.807) is 29.6 Å². The van der Waals surface area contributed by atoms with E-state index in [1.807, 2.05) is 0 Å². The highest BCUT2D eigenvalue weighted by Crippen LogP contribution is 2.41. The SMILES string of the molecule is O=C(CCC(=O)c1ccc(/C=C/C(c2cc(Cl)c(Cl)c(Cl)c2)C(F)(F)F)c2ccccc12)NCC(F)(F)F. The van der Waals surface area contributed by atoms with Crippen LogP contribution in [0.15, 0.2) is 54.6 Å². The smallest absolute Gasteiger partial charge is 0.347 e. The molecule has 0 saturated carbocycles. The Labute approximate surface area is 228 Å². The van der Waals surface area contributed by atoms with Gasteiger partial charge in [0, 0.05) is 18.4 Å². The molecule has 0 spiro atoms. The number of allylic oxidation sites excluding steroid dienone is 1. The molecule has 202 valence electrons. The minimum absolute atomic E-state index is 0.0638. The molecule has 1 N–H and O–H groups in total. The number of carbonyl (C=O) groups is 2. The number of hydrogen-bond donors (Lipinski definition) is 1. The number of fused-ring (bicyclic) bond motifs is 1. The average Bonchev–Trinajstić information content (AvgIpc) is 2.83. The number of benzene rings is 3. The Morgan fingerprint density at radius 3 is 2.05 bits per heavy atom. The van der Waals surface area contributed by atoms with Gasteiger partial charge in [-0.2, -0.15) is 26.3 Å². The first kappa shape index (κ1) is 29.8. The summed E-state index contributed by atoms with van der Waals surface area (Å²) < 4.78 is 78.5. The van der Waals surface area contributed by atoms with Crippen molar-refractivity contribution < 1.29 is 35.9 Å². The number of hydrogen-bond acceptors (Lipinski definition) is 2. The molecule has 3 rings (SSSR count). The molecule has 0 saturated heterocycles. The molecule has 1 amide bonds. The number of alkyl halides is 6. The highest BCUT2D eigenvalue weighted by Gasteiger charge is 2.39. The normalized spacial score (nSPS) is 13.2. The van der Waals surface area contributed by atoms with Crippen LogP contribution < -0.4 is 5.32 Å². The second-order valence-electron chi connectivity index (χ2n) is 8.24. The van der Waals surface area contributed by atoms with E-state index in [0.29, 0.717) is 16.3 Å². The molecule has 0 aromatic heterocycles. The highest BCUT2D eigenvalue weighted by atomic mass is 35.5. The summed E-state index contributed by atoms with van der Waals surface area (Å²) in [6.07, 6.45) is -7.87. The molecule has 3 aromatic carbocycles. The minimum atomic E-state index is -4.69. The first-order chi connectivity index (χ1) is 17.7. The Hall–Kier alpha value is -2.75. The van der Waals surface area contributed by atoms with Crippen molar-refractivity contribution in [1.82, 2.24) is 5.32 Å². The molecular weight excluding hydrogens is 579 g/mol. The molecule has 1 atom stereocenters. The second-order valence-corrected chi connectivity index (χ2v) is 9.43. The quantitative estimate of drug-likeness (QED) is 0.160. The summed E-state index contributed by atoms with van der Waals surface area (Å²) in [5.74, 6) is -3.50. The van der Waals surface area contributed by atoms with Gasteiger partial charge in [-0.1, -0.05) is 83.4 Å². The first-order valence-electron chi connectivity index (χ1n) is 10.9. The molecule has 0 heterocycles. The molecule has 0 fully saturated rings. The van der Waals surface area contributed by atoms with Gasteiger partial charge in [0.2, 0.25) is 5.91 Å². The summed E-state index contributed by atoms with van der Waals surface area (Å²) >= 11 is 17.7. The Morgan fingerprint density at radius 2 is 1.47 bits per heavy atom. The maximum absolute atomic E-state index is 13.9. The Bertz CT molecular complexity index is 1360. The van der Waals surface area contributed by atoms with Crippen LogP contribution in [-0.2, 0) is 4.79 Å². The lowest BCUT2D eigenvalue weighted by molar-refractivity contribution is -0.139. The van der Waals surface area contributed by atoms with Crippen LogP contribution in [0.5, 0.6) is 0 Å².